The number of hydrogen-bond acceptors (Lipinski definition) is 4. The van der Waals surface area contributed by atoms with Gasteiger partial charge in [0.15, 0.2) is 0 Å². The van der Waals surface area contributed by atoms with E-state index in [2.05, 4.69) is 59.3 Å². The van der Waals surface area contributed by atoms with Gasteiger partial charge in [-0.1, -0.05) is 54.6 Å². The molecule has 5 heteroatoms. The van der Waals surface area contributed by atoms with E-state index >= 15 is 0 Å². The fourth-order valence-corrected chi connectivity index (χ4v) is 3.65. The standard InChI is InChI=1S/C24H33N3O2/c1-25-15-17-26(18-16-25)20-27(29)24(28)19-23-13-11-22(12-14-23)10-6-5-9-21-7-3-2-4-8-21/h2-4,7-8,11-14,29H,5-6,9-10,15-20H2,1H3. The number of benzene rings is 2. The first-order chi connectivity index (χ1) is 14.1. The molecule has 0 unspecified atom stereocenters. The van der Waals surface area contributed by atoms with Crippen LogP contribution in [0.2, 0.25) is 0 Å². The van der Waals surface area contributed by atoms with Gasteiger partial charge in [-0.05, 0) is 49.4 Å². The largest absolute Gasteiger partial charge is 0.304 e. The van der Waals surface area contributed by atoms with Gasteiger partial charge in [0, 0.05) is 26.2 Å². The van der Waals surface area contributed by atoms with Gasteiger partial charge in [-0.2, -0.15) is 0 Å². The number of amides is 1. The number of unbranched alkanes of at least 4 members (excludes halogenated alkanes) is 1. The summed E-state index contributed by atoms with van der Waals surface area (Å²) in [7, 11) is 2.09. The second-order valence-electron chi connectivity index (χ2n) is 8.04. The lowest BCUT2D eigenvalue weighted by Gasteiger charge is -2.33. The molecule has 1 aliphatic rings. The summed E-state index contributed by atoms with van der Waals surface area (Å²) in [6, 6.07) is 18.8. The van der Waals surface area contributed by atoms with Gasteiger partial charge in [0.25, 0.3) is 5.91 Å². The van der Waals surface area contributed by atoms with Crippen molar-refractivity contribution in [2.24, 2.45) is 0 Å². The number of hydroxylamine groups is 2. The number of carbonyl (C=O) groups excluding carboxylic acids is 1. The zero-order valence-electron chi connectivity index (χ0n) is 17.5. The van der Waals surface area contributed by atoms with E-state index in [1.807, 2.05) is 12.1 Å². The third-order valence-electron chi connectivity index (χ3n) is 5.62. The summed E-state index contributed by atoms with van der Waals surface area (Å²) in [5, 5.41) is 11.0. The molecule has 1 fully saturated rings. The van der Waals surface area contributed by atoms with E-state index in [0.29, 0.717) is 0 Å². The molecule has 0 bridgehead atoms. The molecular weight excluding hydrogens is 362 g/mol. The van der Waals surface area contributed by atoms with Gasteiger partial charge in [-0.25, -0.2) is 5.06 Å². The average Bonchev–Trinajstić information content (AvgIpc) is 2.74. The van der Waals surface area contributed by atoms with E-state index in [-0.39, 0.29) is 19.0 Å². The van der Waals surface area contributed by atoms with Crippen LogP contribution in [0.4, 0.5) is 0 Å². The third kappa shape index (κ3) is 7.28. The lowest BCUT2D eigenvalue weighted by atomic mass is 10.0. The summed E-state index contributed by atoms with van der Waals surface area (Å²) < 4.78 is 0. The van der Waals surface area contributed by atoms with Crippen LogP contribution in [0, 0.1) is 0 Å². The Morgan fingerprint density at radius 3 is 2.03 bits per heavy atom. The highest BCUT2D eigenvalue weighted by molar-refractivity contribution is 5.77. The smallest absolute Gasteiger partial charge is 0.251 e. The van der Waals surface area contributed by atoms with Crippen molar-refractivity contribution >= 4 is 5.91 Å². The summed E-state index contributed by atoms with van der Waals surface area (Å²) in [4.78, 5) is 16.7. The van der Waals surface area contributed by atoms with E-state index in [1.54, 1.807) is 0 Å². The zero-order valence-corrected chi connectivity index (χ0v) is 17.5. The minimum Gasteiger partial charge on any atom is -0.304 e. The number of likely N-dealkylation sites (N-methyl/N-ethyl adjacent to an activating group) is 1. The van der Waals surface area contributed by atoms with E-state index in [1.165, 1.54) is 17.5 Å². The minimum absolute atomic E-state index is 0.235. The van der Waals surface area contributed by atoms with Crippen molar-refractivity contribution in [2.75, 3.05) is 39.9 Å². The van der Waals surface area contributed by atoms with E-state index in [0.717, 1.165) is 56.1 Å². The van der Waals surface area contributed by atoms with Crippen molar-refractivity contribution in [2.45, 2.75) is 32.1 Å². The molecule has 0 aliphatic carbocycles. The maximum atomic E-state index is 12.3. The van der Waals surface area contributed by atoms with Crippen molar-refractivity contribution in [1.82, 2.24) is 14.9 Å². The maximum absolute atomic E-state index is 12.3. The van der Waals surface area contributed by atoms with Crippen molar-refractivity contribution in [3.05, 3.63) is 71.3 Å². The van der Waals surface area contributed by atoms with Gasteiger partial charge < -0.3 is 4.90 Å². The Labute approximate surface area is 174 Å². The van der Waals surface area contributed by atoms with Gasteiger partial charge in [0.1, 0.15) is 6.67 Å². The molecule has 0 aromatic heterocycles. The summed E-state index contributed by atoms with van der Waals surface area (Å²) in [6.07, 6.45) is 4.74. The Morgan fingerprint density at radius 2 is 1.41 bits per heavy atom. The number of hydrogen-bond donors (Lipinski definition) is 1. The van der Waals surface area contributed by atoms with Crippen LogP contribution in [-0.2, 0) is 24.1 Å². The Hall–Kier alpha value is -2.21. The molecule has 5 nitrogen and oxygen atoms in total. The second kappa shape index (κ2) is 11.1. The summed E-state index contributed by atoms with van der Waals surface area (Å²) in [5.41, 5.74) is 3.64. The van der Waals surface area contributed by atoms with E-state index in [9.17, 15) is 10.0 Å². The molecule has 0 radical (unpaired) electrons. The van der Waals surface area contributed by atoms with Crippen LogP contribution in [0.1, 0.15) is 29.5 Å². The highest BCUT2D eigenvalue weighted by Crippen LogP contribution is 2.12. The molecule has 156 valence electrons. The molecule has 0 atom stereocenters. The molecule has 0 saturated carbocycles. The predicted molar refractivity (Wildman–Crippen MR) is 116 cm³/mol. The highest BCUT2D eigenvalue weighted by Gasteiger charge is 2.19. The van der Waals surface area contributed by atoms with Crippen LogP contribution in [0.25, 0.3) is 0 Å². The van der Waals surface area contributed by atoms with Crippen LogP contribution in [0.15, 0.2) is 54.6 Å². The van der Waals surface area contributed by atoms with E-state index < -0.39 is 0 Å². The SMILES string of the molecule is CN1CCN(CN(O)C(=O)Cc2ccc(CCCCc3ccccc3)cc2)CC1. The second-order valence-corrected chi connectivity index (χ2v) is 8.04. The molecule has 3 rings (SSSR count). The number of piperazine rings is 1. The summed E-state index contributed by atoms with van der Waals surface area (Å²) in [6.45, 7) is 3.97. The Bertz CT molecular complexity index is 740. The molecule has 1 heterocycles. The summed E-state index contributed by atoms with van der Waals surface area (Å²) in [5.74, 6) is -0.250. The van der Waals surface area contributed by atoms with Crippen LogP contribution >= 0.6 is 0 Å². The first-order valence-corrected chi connectivity index (χ1v) is 10.6. The zero-order chi connectivity index (χ0) is 20.5. The Balaban J connectivity index is 1.37. The van der Waals surface area contributed by atoms with Crippen LogP contribution < -0.4 is 0 Å². The maximum Gasteiger partial charge on any atom is 0.251 e. The van der Waals surface area contributed by atoms with Crippen LogP contribution in [0.3, 0.4) is 0 Å². The molecule has 1 N–H and O–H groups in total. The van der Waals surface area contributed by atoms with Crippen LogP contribution in [-0.4, -0.2) is 65.9 Å². The molecule has 2 aromatic rings. The minimum atomic E-state index is -0.250. The molecule has 0 spiro atoms. The first kappa shape index (κ1) is 21.5. The van der Waals surface area contributed by atoms with Gasteiger partial charge in [0.2, 0.25) is 0 Å². The topological polar surface area (TPSA) is 47.0 Å². The van der Waals surface area contributed by atoms with E-state index in [4.69, 9.17) is 0 Å². The Morgan fingerprint density at radius 1 is 0.862 bits per heavy atom. The first-order valence-electron chi connectivity index (χ1n) is 10.6. The number of rotatable bonds is 9. The van der Waals surface area contributed by atoms with Crippen molar-refractivity contribution in [3.63, 3.8) is 0 Å². The lowest BCUT2D eigenvalue weighted by Crippen LogP contribution is -2.49. The summed E-state index contributed by atoms with van der Waals surface area (Å²) >= 11 is 0. The predicted octanol–water partition coefficient (Wildman–Crippen LogP) is 3.22. The number of aryl methyl sites for hydroxylation is 2. The van der Waals surface area contributed by atoms with Gasteiger partial charge in [0.05, 0.1) is 6.42 Å². The Kier molecular flexibility index (Phi) is 8.23. The van der Waals surface area contributed by atoms with Crippen molar-refractivity contribution in [3.8, 4) is 0 Å². The normalized spacial score (nSPS) is 15.4. The molecule has 1 saturated heterocycles. The average molecular weight is 396 g/mol. The monoisotopic (exact) mass is 395 g/mol. The van der Waals surface area contributed by atoms with Crippen molar-refractivity contribution in [1.29, 1.82) is 0 Å². The number of nitrogens with zero attached hydrogens (tertiary/aromatic N) is 3. The third-order valence-corrected chi connectivity index (χ3v) is 5.62. The molecule has 29 heavy (non-hydrogen) atoms. The van der Waals surface area contributed by atoms with Crippen molar-refractivity contribution < 1.29 is 10.0 Å². The van der Waals surface area contributed by atoms with Gasteiger partial charge in [-0.3, -0.25) is 14.9 Å². The highest BCUT2D eigenvalue weighted by atomic mass is 16.5. The quantitative estimate of drug-likeness (QED) is 0.402. The molecule has 1 aliphatic heterocycles. The molecule has 2 aromatic carbocycles. The molecule has 1 amide bonds. The fraction of sp³-hybridized carbons (Fsp3) is 0.458. The van der Waals surface area contributed by atoms with Crippen LogP contribution in [0.5, 0.6) is 0 Å². The van der Waals surface area contributed by atoms with Gasteiger partial charge >= 0.3 is 0 Å². The lowest BCUT2D eigenvalue weighted by molar-refractivity contribution is -0.174. The van der Waals surface area contributed by atoms with Gasteiger partial charge in [-0.15, -0.1) is 0 Å². The number of carbonyl (C=O) groups is 1. The molecular formula is C24H33N3O2. The fourth-order valence-electron chi connectivity index (χ4n) is 3.65.